The van der Waals surface area contributed by atoms with Crippen LogP contribution in [0.5, 0.6) is 0 Å². The van der Waals surface area contributed by atoms with E-state index < -0.39 is 0 Å². The molecular formula is C12H17N3O. The standard InChI is InChI=1S/C12H17N3O/c1-12(4-5-12)8-15-9-3-6-14-10(7-9)11(16)13-2/h3,6-7H,4-5,8H2,1-2H3,(H,13,16)(H,14,15). The van der Waals surface area contributed by atoms with Crippen molar-refractivity contribution in [2.75, 3.05) is 18.9 Å². The molecule has 1 aromatic rings. The van der Waals surface area contributed by atoms with Gasteiger partial charge in [-0.1, -0.05) is 6.92 Å². The van der Waals surface area contributed by atoms with E-state index in [1.54, 1.807) is 19.3 Å². The number of hydrogen-bond donors (Lipinski definition) is 2. The van der Waals surface area contributed by atoms with E-state index in [4.69, 9.17) is 0 Å². The summed E-state index contributed by atoms with van der Waals surface area (Å²) in [5.41, 5.74) is 1.87. The van der Waals surface area contributed by atoms with Crippen molar-refractivity contribution in [3.05, 3.63) is 24.0 Å². The average Bonchev–Trinajstić information content (AvgIpc) is 3.05. The van der Waals surface area contributed by atoms with Gasteiger partial charge in [0.25, 0.3) is 5.91 Å². The summed E-state index contributed by atoms with van der Waals surface area (Å²) in [6, 6.07) is 3.67. The summed E-state index contributed by atoms with van der Waals surface area (Å²) < 4.78 is 0. The molecule has 0 unspecified atom stereocenters. The first kappa shape index (κ1) is 10.9. The third-order valence-corrected chi connectivity index (χ3v) is 3.04. The summed E-state index contributed by atoms with van der Waals surface area (Å²) in [7, 11) is 1.61. The molecule has 2 rings (SSSR count). The second kappa shape index (κ2) is 4.12. The van der Waals surface area contributed by atoms with Crippen molar-refractivity contribution >= 4 is 11.6 Å². The highest BCUT2D eigenvalue weighted by molar-refractivity contribution is 5.92. The maximum Gasteiger partial charge on any atom is 0.269 e. The van der Waals surface area contributed by atoms with Gasteiger partial charge in [-0.05, 0) is 30.4 Å². The smallest absolute Gasteiger partial charge is 0.269 e. The predicted molar refractivity (Wildman–Crippen MR) is 63.5 cm³/mol. The van der Waals surface area contributed by atoms with Crippen molar-refractivity contribution in [2.45, 2.75) is 19.8 Å². The van der Waals surface area contributed by atoms with E-state index in [1.807, 2.05) is 6.07 Å². The number of carbonyl (C=O) groups is 1. The molecule has 4 heteroatoms. The van der Waals surface area contributed by atoms with Crippen LogP contribution in [0.25, 0.3) is 0 Å². The molecular weight excluding hydrogens is 202 g/mol. The molecule has 0 spiro atoms. The van der Waals surface area contributed by atoms with E-state index in [0.29, 0.717) is 11.1 Å². The fraction of sp³-hybridized carbons (Fsp3) is 0.500. The minimum absolute atomic E-state index is 0.152. The second-order valence-electron chi connectivity index (χ2n) is 4.67. The van der Waals surface area contributed by atoms with E-state index in [2.05, 4.69) is 22.5 Å². The number of nitrogens with zero attached hydrogens (tertiary/aromatic N) is 1. The lowest BCUT2D eigenvalue weighted by Crippen LogP contribution is -2.19. The molecule has 4 nitrogen and oxygen atoms in total. The Bertz CT molecular complexity index is 399. The van der Waals surface area contributed by atoms with Crippen molar-refractivity contribution in [3.8, 4) is 0 Å². The summed E-state index contributed by atoms with van der Waals surface area (Å²) in [5.74, 6) is -0.152. The fourth-order valence-corrected chi connectivity index (χ4v) is 1.50. The SMILES string of the molecule is CNC(=O)c1cc(NCC2(C)CC2)ccn1. The Morgan fingerprint density at radius 2 is 2.31 bits per heavy atom. The number of aromatic nitrogens is 1. The van der Waals surface area contributed by atoms with Gasteiger partial charge in [0.1, 0.15) is 5.69 Å². The minimum atomic E-state index is -0.152. The molecule has 2 N–H and O–H groups in total. The van der Waals surface area contributed by atoms with Gasteiger partial charge in [-0.15, -0.1) is 0 Å². The summed E-state index contributed by atoms with van der Waals surface area (Å²) in [5, 5.41) is 5.91. The monoisotopic (exact) mass is 219 g/mol. The van der Waals surface area contributed by atoms with E-state index in [0.717, 1.165) is 12.2 Å². The summed E-state index contributed by atoms with van der Waals surface area (Å²) in [6.45, 7) is 3.23. The van der Waals surface area contributed by atoms with Crippen molar-refractivity contribution in [2.24, 2.45) is 5.41 Å². The molecule has 1 aliphatic carbocycles. The normalized spacial score (nSPS) is 16.6. The molecule has 0 radical (unpaired) electrons. The predicted octanol–water partition coefficient (Wildman–Crippen LogP) is 1.65. The van der Waals surface area contributed by atoms with Crippen LogP contribution in [0.1, 0.15) is 30.3 Å². The number of anilines is 1. The molecule has 0 aromatic carbocycles. The van der Waals surface area contributed by atoms with Gasteiger partial charge in [-0.3, -0.25) is 9.78 Å². The second-order valence-corrected chi connectivity index (χ2v) is 4.67. The Balaban J connectivity index is 2.01. The first-order valence-corrected chi connectivity index (χ1v) is 5.55. The molecule has 16 heavy (non-hydrogen) atoms. The van der Waals surface area contributed by atoms with Crippen LogP contribution in [0.2, 0.25) is 0 Å². The van der Waals surface area contributed by atoms with E-state index in [1.165, 1.54) is 12.8 Å². The van der Waals surface area contributed by atoms with Crippen LogP contribution in [0.3, 0.4) is 0 Å². The maximum absolute atomic E-state index is 11.4. The number of hydrogen-bond acceptors (Lipinski definition) is 3. The van der Waals surface area contributed by atoms with Crippen LogP contribution in [0.4, 0.5) is 5.69 Å². The lowest BCUT2D eigenvalue weighted by Gasteiger charge is -2.11. The topological polar surface area (TPSA) is 54.0 Å². The van der Waals surface area contributed by atoms with Crippen LogP contribution in [0, 0.1) is 5.41 Å². The Kier molecular flexibility index (Phi) is 2.81. The zero-order chi connectivity index (χ0) is 11.6. The Morgan fingerprint density at radius 1 is 1.56 bits per heavy atom. The van der Waals surface area contributed by atoms with Crippen LogP contribution < -0.4 is 10.6 Å². The number of nitrogens with one attached hydrogen (secondary N) is 2. The first-order chi connectivity index (χ1) is 7.63. The lowest BCUT2D eigenvalue weighted by atomic mass is 10.1. The molecule has 0 bridgehead atoms. The highest BCUT2D eigenvalue weighted by Crippen LogP contribution is 2.44. The number of rotatable bonds is 4. The summed E-state index contributed by atoms with van der Waals surface area (Å²) in [6.07, 6.45) is 4.23. The van der Waals surface area contributed by atoms with E-state index in [9.17, 15) is 4.79 Å². The summed E-state index contributed by atoms with van der Waals surface area (Å²) in [4.78, 5) is 15.4. The Hall–Kier alpha value is -1.58. The molecule has 0 atom stereocenters. The van der Waals surface area contributed by atoms with Gasteiger partial charge < -0.3 is 10.6 Å². The average molecular weight is 219 g/mol. The van der Waals surface area contributed by atoms with Crippen molar-refractivity contribution in [1.29, 1.82) is 0 Å². The maximum atomic E-state index is 11.4. The molecule has 1 amide bonds. The van der Waals surface area contributed by atoms with E-state index in [-0.39, 0.29) is 5.91 Å². The molecule has 0 saturated heterocycles. The number of amides is 1. The minimum Gasteiger partial charge on any atom is -0.384 e. The van der Waals surface area contributed by atoms with Gasteiger partial charge in [-0.2, -0.15) is 0 Å². The van der Waals surface area contributed by atoms with Crippen molar-refractivity contribution in [1.82, 2.24) is 10.3 Å². The quantitative estimate of drug-likeness (QED) is 0.809. The van der Waals surface area contributed by atoms with Gasteiger partial charge in [0.05, 0.1) is 0 Å². The van der Waals surface area contributed by atoms with Crippen LogP contribution in [-0.4, -0.2) is 24.5 Å². The zero-order valence-electron chi connectivity index (χ0n) is 9.71. The van der Waals surface area contributed by atoms with Crippen LogP contribution >= 0.6 is 0 Å². The fourth-order valence-electron chi connectivity index (χ4n) is 1.50. The lowest BCUT2D eigenvalue weighted by molar-refractivity contribution is 0.0958. The largest absolute Gasteiger partial charge is 0.384 e. The van der Waals surface area contributed by atoms with Gasteiger partial charge in [-0.25, -0.2) is 0 Å². The third kappa shape index (κ3) is 2.51. The number of pyridine rings is 1. The Labute approximate surface area is 95.5 Å². The molecule has 1 aliphatic rings. The molecule has 86 valence electrons. The van der Waals surface area contributed by atoms with Crippen molar-refractivity contribution < 1.29 is 4.79 Å². The Morgan fingerprint density at radius 3 is 2.94 bits per heavy atom. The highest BCUT2D eigenvalue weighted by atomic mass is 16.1. The molecule has 1 saturated carbocycles. The first-order valence-electron chi connectivity index (χ1n) is 5.55. The van der Waals surface area contributed by atoms with Crippen molar-refractivity contribution in [3.63, 3.8) is 0 Å². The number of carbonyl (C=O) groups excluding carboxylic acids is 1. The molecule has 1 heterocycles. The molecule has 1 aromatic heterocycles. The van der Waals surface area contributed by atoms with Crippen LogP contribution in [-0.2, 0) is 0 Å². The van der Waals surface area contributed by atoms with Gasteiger partial charge in [0.15, 0.2) is 0 Å². The van der Waals surface area contributed by atoms with Gasteiger partial charge in [0, 0.05) is 25.5 Å². The van der Waals surface area contributed by atoms with Gasteiger partial charge in [0.2, 0.25) is 0 Å². The third-order valence-electron chi connectivity index (χ3n) is 3.04. The summed E-state index contributed by atoms with van der Waals surface area (Å²) >= 11 is 0. The molecule has 0 aliphatic heterocycles. The van der Waals surface area contributed by atoms with E-state index >= 15 is 0 Å². The molecule has 1 fully saturated rings. The zero-order valence-corrected chi connectivity index (χ0v) is 9.71. The highest BCUT2D eigenvalue weighted by Gasteiger charge is 2.36. The van der Waals surface area contributed by atoms with Crippen LogP contribution in [0.15, 0.2) is 18.3 Å². The van der Waals surface area contributed by atoms with Gasteiger partial charge >= 0.3 is 0 Å².